The quantitative estimate of drug-likeness (QED) is 0.802. The summed E-state index contributed by atoms with van der Waals surface area (Å²) in [6, 6.07) is 2.53. The van der Waals surface area contributed by atoms with E-state index in [1.165, 1.54) is 6.20 Å². The normalized spacial score (nSPS) is 26.6. The zero-order valence-electron chi connectivity index (χ0n) is 8.99. The number of carbonyl (C=O) groups excluding carboxylic acids is 1. The van der Waals surface area contributed by atoms with E-state index in [4.69, 9.17) is 11.6 Å². The maximum atomic E-state index is 12.3. The summed E-state index contributed by atoms with van der Waals surface area (Å²) < 4.78 is 0.660. The smallest absolute Gasteiger partial charge is 0.255 e. The van der Waals surface area contributed by atoms with Crippen LogP contribution in [0.2, 0.25) is 5.15 Å². The second-order valence-electron chi connectivity index (χ2n) is 4.45. The van der Waals surface area contributed by atoms with Crippen LogP contribution in [0.1, 0.15) is 16.8 Å². The molecule has 2 atom stereocenters. The summed E-state index contributed by atoms with van der Waals surface area (Å²) >= 11 is 9.10. The largest absolute Gasteiger partial charge is 0.333 e. The predicted octanol–water partition coefficient (Wildman–Crippen LogP) is 1.68. The lowest BCUT2D eigenvalue weighted by Crippen LogP contribution is -2.46. The van der Waals surface area contributed by atoms with Crippen LogP contribution >= 0.6 is 27.5 Å². The third-order valence-electron chi connectivity index (χ3n) is 3.36. The van der Waals surface area contributed by atoms with Crippen molar-refractivity contribution in [3.05, 3.63) is 27.5 Å². The van der Waals surface area contributed by atoms with Gasteiger partial charge in [-0.05, 0) is 28.4 Å². The first-order valence-corrected chi connectivity index (χ1v) is 6.67. The summed E-state index contributed by atoms with van der Waals surface area (Å²) in [5.74, 6) is 0.0452. The third kappa shape index (κ3) is 1.96. The molecule has 3 heterocycles. The Morgan fingerprint density at radius 3 is 3.06 bits per heavy atom. The Hall–Kier alpha value is -0.650. The molecule has 6 heteroatoms. The second kappa shape index (κ2) is 4.23. The van der Waals surface area contributed by atoms with Crippen molar-refractivity contribution in [2.75, 3.05) is 13.1 Å². The number of amides is 1. The van der Waals surface area contributed by atoms with Gasteiger partial charge in [0.15, 0.2) is 0 Å². The molecular formula is C11H11BrClN3O. The number of nitrogens with one attached hydrogen (secondary N) is 1. The highest BCUT2D eigenvalue weighted by atomic mass is 79.9. The van der Waals surface area contributed by atoms with Gasteiger partial charge in [0.2, 0.25) is 0 Å². The summed E-state index contributed by atoms with van der Waals surface area (Å²) in [5.41, 5.74) is 0.592. The number of likely N-dealkylation sites (tertiary alicyclic amines) is 1. The number of carbonyl (C=O) groups is 1. The standard InChI is InChI=1S/C11H11BrClN3O/c12-9-1-6(3-15-10(9)13)11(17)16-5-7-2-8(16)4-14-7/h1,3,7-8,14H,2,4-5H2/t7-,8-/m1/s1. The molecule has 0 aromatic carbocycles. The van der Waals surface area contributed by atoms with E-state index in [0.29, 0.717) is 27.3 Å². The molecule has 3 rings (SSSR count). The van der Waals surface area contributed by atoms with Gasteiger partial charge in [0.1, 0.15) is 5.15 Å². The SMILES string of the molecule is O=C(c1cnc(Cl)c(Br)c1)N1C[C@H]2C[C@@H]1CN2. The van der Waals surface area contributed by atoms with Crippen molar-refractivity contribution >= 4 is 33.4 Å². The minimum atomic E-state index is 0.0452. The van der Waals surface area contributed by atoms with Crippen LogP contribution in [0.5, 0.6) is 0 Å². The van der Waals surface area contributed by atoms with Crippen LogP contribution in [0.3, 0.4) is 0 Å². The van der Waals surface area contributed by atoms with Gasteiger partial charge in [0, 0.05) is 31.4 Å². The summed E-state index contributed by atoms with van der Waals surface area (Å²) in [6.07, 6.45) is 2.60. The predicted molar refractivity (Wildman–Crippen MR) is 68.2 cm³/mol. The Morgan fingerprint density at radius 2 is 2.47 bits per heavy atom. The van der Waals surface area contributed by atoms with Crippen molar-refractivity contribution in [2.24, 2.45) is 0 Å². The molecule has 1 aromatic rings. The lowest BCUT2D eigenvalue weighted by atomic mass is 10.2. The maximum absolute atomic E-state index is 12.3. The number of hydrogen-bond donors (Lipinski definition) is 1. The average Bonchev–Trinajstić information content (AvgIpc) is 2.93. The number of hydrogen-bond acceptors (Lipinski definition) is 3. The second-order valence-corrected chi connectivity index (χ2v) is 5.66. The first kappa shape index (κ1) is 11.4. The Labute approximate surface area is 112 Å². The van der Waals surface area contributed by atoms with E-state index in [2.05, 4.69) is 26.2 Å². The summed E-state index contributed by atoms with van der Waals surface area (Å²) in [7, 11) is 0. The molecule has 1 N–H and O–H groups in total. The van der Waals surface area contributed by atoms with Gasteiger partial charge in [-0.25, -0.2) is 4.98 Å². The number of pyridine rings is 1. The van der Waals surface area contributed by atoms with Gasteiger partial charge in [0.05, 0.1) is 10.0 Å². The van der Waals surface area contributed by atoms with Gasteiger partial charge in [-0.1, -0.05) is 11.6 Å². The van der Waals surface area contributed by atoms with Crippen LogP contribution in [0, 0.1) is 0 Å². The highest BCUT2D eigenvalue weighted by molar-refractivity contribution is 9.10. The van der Waals surface area contributed by atoms with Crippen molar-refractivity contribution in [1.29, 1.82) is 0 Å². The molecule has 0 unspecified atom stereocenters. The first-order valence-electron chi connectivity index (χ1n) is 5.50. The van der Waals surface area contributed by atoms with E-state index in [0.717, 1.165) is 19.5 Å². The summed E-state index contributed by atoms with van der Waals surface area (Å²) in [5, 5.41) is 3.75. The zero-order valence-corrected chi connectivity index (χ0v) is 11.3. The molecule has 0 aliphatic carbocycles. The topological polar surface area (TPSA) is 45.2 Å². The fourth-order valence-electron chi connectivity index (χ4n) is 2.51. The molecule has 90 valence electrons. The number of rotatable bonds is 1. The van der Waals surface area contributed by atoms with Gasteiger partial charge in [-0.3, -0.25) is 4.79 Å². The molecule has 4 nitrogen and oxygen atoms in total. The van der Waals surface area contributed by atoms with Crippen molar-refractivity contribution in [2.45, 2.75) is 18.5 Å². The summed E-state index contributed by atoms with van der Waals surface area (Å²) in [4.78, 5) is 18.2. The maximum Gasteiger partial charge on any atom is 0.255 e. The Morgan fingerprint density at radius 1 is 1.65 bits per heavy atom. The Kier molecular flexibility index (Phi) is 2.84. The van der Waals surface area contributed by atoms with E-state index >= 15 is 0 Å². The van der Waals surface area contributed by atoms with Crippen LogP contribution in [-0.2, 0) is 0 Å². The lowest BCUT2D eigenvalue weighted by molar-refractivity contribution is 0.0715. The van der Waals surface area contributed by atoms with E-state index in [9.17, 15) is 4.79 Å². The van der Waals surface area contributed by atoms with E-state index in [1.807, 2.05) is 4.90 Å². The molecule has 0 radical (unpaired) electrons. The third-order valence-corrected chi connectivity index (χ3v) is 4.49. The Bertz CT molecular complexity index is 482. The molecule has 1 amide bonds. The van der Waals surface area contributed by atoms with E-state index < -0.39 is 0 Å². The van der Waals surface area contributed by atoms with Crippen LogP contribution < -0.4 is 5.32 Å². The number of aromatic nitrogens is 1. The molecule has 1 aromatic heterocycles. The minimum absolute atomic E-state index is 0.0452. The molecule has 2 bridgehead atoms. The van der Waals surface area contributed by atoms with Crippen LogP contribution in [0.25, 0.3) is 0 Å². The van der Waals surface area contributed by atoms with Gasteiger partial charge in [-0.15, -0.1) is 0 Å². The molecular weight excluding hydrogens is 305 g/mol. The molecule has 0 saturated carbocycles. The number of fused-ring (bicyclic) bond motifs is 2. The van der Waals surface area contributed by atoms with E-state index in [1.54, 1.807) is 6.07 Å². The fraction of sp³-hybridized carbons (Fsp3) is 0.455. The Balaban J connectivity index is 1.84. The molecule has 17 heavy (non-hydrogen) atoms. The van der Waals surface area contributed by atoms with Gasteiger partial charge in [0.25, 0.3) is 5.91 Å². The van der Waals surface area contributed by atoms with Crippen molar-refractivity contribution in [3.8, 4) is 0 Å². The molecule has 2 fully saturated rings. The number of piperazine rings is 1. The lowest BCUT2D eigenvalue weighted by Gasteiger charge is -2.27. The van der Waals surface area contributed by atoms with Crippen molar-refractivity contribution in [1.82, 2.24) is 15.2 Å². The highest BCUT2D eigenvalue weighted by Gasteiger charge is 2.40. The van der Waals surface area contributed by atoms with Crippen LogP contribution in [0.4, 0.5) is 0 Å². The zero-order chi connectivity index (χ0) is 12.0. The summed E-state index contributed by atoms with van der Waals surface area (Å²) in [6.45, 7) is 1.70. The fourth-order valence-corrected chi connectivity index (χ4v) is 2.97. The van der Waals surface area contributed by atoms with Crippen LogP contribution in [0.15, 0.2) is 16.7 Å². The number of nitrogens with zero attached hydrogens (tertiary/aromatic N) is 2. The van der Waals surface area contributed by atoms with Crippen molar-refractivity contribution < 1.29 is 4.79 Å². The molecule has 2 aliphatic rings. The highest BCUT2D eigenvalue weighted by Crippen LogP contribution is 2.26. The minimum Gasteiger partial charge on any atom is -0.333 e. The van der Waals surface area contributed by atoms with Gasteiger partial charge < -0.3 is 10.2 Å². The van der Waals surface area contributed by atoms with Gasteiger partial charge in [-0.2, -0.15) is 0 Å². The van der Waals surface area contributed by atoms with Gasteiger partial charge >= 0.3 is 0 Å². The number of halogens is 2. The first-order chi connectivity index (χ1) is 8.15. The van der Waals surface area contributed by atoms with E-state index in [-0.39, 0.29) is 5.91 Å². The monoisotopic (exact) mass is 315 g/mol. The molecule has 2 aliphatic heterocycles. The van der Waals surface area contributed by atoms with Crippen molar-refractivity contribution in [3.63, 3.8) is 0 Å². The average molecular weight is 317 g/mol. The molecule has 0 spiro atoms. The molecule has 2 saturated heterocycles. The van der Waals surface area contributed by atoms with Crippen LogP contribution in [-0.4, -0.2) is 41.0 Å².